The second-order valence-corrected chi connectivity index (χ2v) is 12.7. The molecule has 0 spiro atoms. The van der Waals surface area contributed by atoms with Gasteiger partial charge in [0, 0.05) is 37.9 Å². The van der Waals surface area contributed by atoms with E-state index in [1.54, 1.807) is 34.6 Å². The van der Waals surface area contributed by atoms with E-state index in [4.69, 9.17) is 12.2 Å². The molecule has 0 aliphatic carbocycles. The molecule has 1 aliphatic heterocycles. The molecular formula is C34H34N4O3S2. The molecule has 1 fully saturated rings. The molecule has 2 N–H and O–H groups in total. The van der Waals surface area contributed by atoms with Crippen molar-refractivity contribution in [2.24, 2.45) is 0 Å². The minimum atomic E-state index is -3.67. The zero-order valence-electron chi connectivity index (χ0n) is 23.9. The summed E-state index contributed by atoms with van der Waals surface area (Å²) in [4.78, 5) is 14.8. The van der Waals surface area contributed by atoms with E-state index in [9.17, 15) is 13.2 Å². The number of amides is 1. The molecule has 0 saturated carbocycles. The van der Waals surface area contributed by atoms with E-state index in [1.165, 1.54) is 17.2 Å². The minimum absolute atomic E-state index is 0.0556. The average molecular weight is 611 g/mol. The number of carbonyl (C=O) groups is 1. The predicted octanol–water partition coefficient (Wildman–Crippen LogP) is 5.62. The lowest BCUT2D eigenvalue weighted by atomic mass is 9.96. The molecule has 1 saturated heterocycles. The third-order valence-electron chi connectivity index (χ3n) is 7.36. The standard InChI is InChI=1S/C34H34N4O3S2/c1-26-12-14-27(15-13-26)16-21-32(39)36-34(42)35-30-17-19-31(20-18-30)43(40,41)38-24-22-37(23-25-38)33(28-8-4-2-5-9-28)29-10-6-3-7-11-29/h2-21,33H,22-25H2,1H3,(H2,35,36,39,42)/b21-16+. The maximum absolute atomic E-state index is 13.5. The highest BCUT2D eigenvalue weighted by Gasteiger charge is 2.32. The zero-order chi connectivity index (χ0) is 30.2. The Hall–Kier alpha value is -4.15. The summed E-state index contributed by atoms with van der Waals surface area (Å²) in [5.41, 5.74) is 4.99. The van der Waals surface area contributed by atoms with Gasteiger partial charge in [-0.3, -0.25) is 15.0 Å². The second-order valence-electron chi connectivity index (χ2n) is 10.4. The van der Waals surface area contributed by atoms with Crippen molar-refractivity contribution in [3.63, 3.8) is 0 Å². The zero-order valence-corrected chi connectivity index (χ0v) is 25.5. The lowest BCUT2D eigenvalue weighted by Gasteiger charge is -2.39. The molecule has 0 bridgehead atoms. The molecule has 4 aromatic rings. The van der Waals surface area contributed by atoms with Crippen molar-refractivity contribution in [3.8, 4) is 0 Å². The number of thiocarbonyl (C=S) groups is 1. The number of benzene rings is 4. The Balaban J connectivity index is 1.17. The third-order valence-corrected chi connectivity index (χ3v) is 9.48. The van der Waals surface area contributed by atoms with Gasteiger partial charge in [0.15, 0.2) is 5.11 Å². The number of aryl methyl sites for hydroxylation is 1. The van der Waals surface area contributed by atoms with Crippen LogP contribution in [0.2, 0.25) is 0 Å². The number of nitrogens with one attached hydrogen (secondary N) is 2. The second kappa shape index (κ2) is 13.9. The molecule has 4 aromatic carbocycles. The molecular weight excluding hydrogens is 577 g/mol. The first-order valence-electron chi connectivity index (χ1n) is 14.1. The van der Waals surface area contributed by atoms with Crippen molar-refractivity contribution >= 4 is 45.0 Å². The van der Waals surface area contributed by atoms with Crippen molar-refractivity contribution in [1.82, 2.24) is 14.5 Å². The number of carbonyl (C=O) groups excluding carboxylic acids is 1. The van der Waals surface area contributed by atoms with Crippen molar-refractivity contribution in [1.29, 1.82) is 0 Å². The Kier molecular flexibility index (Phi) is 9.79. The van der Waals surface area contributed by atoms with E-state index in [2.05, 4.69) is 39.8 Å². The fraction of sp³-hybridized carbons (Fsp3) is 0.176. The number of hydrogen-bond donors (Lipinski definition) is 2. The smallest absolute Gasteiger partial charge is 0.250 e. The molecule has 0 radical (unpaired) electrons. The number of nitrogens with zero attached hydrogens (tertiary/aromatic N) is 2. The van der Waals surface area contributed by atoms with Crippen LogP contribution in [-0.4, -0.2) is 54.8 Å². The van der Waals surface area contributed by atoms with Crippen molar-refractivity contribution in [2.75, 3.05) is 31.5 Å². The largest absolute Gasteiger partial charge is 0.332 e. The summed E-state index contributed by atoms with van der Waals surface area (Å²) < 4.78 is 28.5. The molecule has 43 heavy (non-hydrogen) atoms. The van der Waals surface area contributed by atoms with Gasteiger partial charge in [0.2, 0.25) is 15.9 Å². The van der Waals surface area contributed by atoms with Gasteiger partial charge in [-0.05, 0) is 66.2 Å². The van der Waals surface area contributed by atoms with E-state index >= 15 is 0 Å². The van der Waals surface area contributed by atoms with Crippen LogP contribution in [0.4, 0.5) is 5.69 Å². The van der Waals surface area contributed by atoms with Crippen LogP contribution in [0.25, 0.3) is 6.08 Å². The highest BCUT2D eigenvalue weighted by Crippen LogP contribution is 2.30. The highest BCUT2D eigenvalue weighted by molar-refractivity contribution is 7.89. The van der Waals surface area contributed by atoms with Crippen LogP contribution in [-0.2, 0) is 14.8 Å². The van der Waals surface area contributed by atoms with E-state index in [0.717, 1.165) is 11.1 Å². The summed E-state index contributed by atoms with van der Waals surface area (Å²) in [5.74, 6) is -0.363. The van der Waals surface area contributed by atoms with Crippen molar-refractivity contribution in [2.45, 2.75) is 17.9 Å². The quantitative estimate of drug-likeness (QED) is 0.199. The molecule has 0 aromatic heterocycles. The predicted molar refractivity (Wildman–Crippen MR) is 176 cm³/mol. The van der Waals surface area contributed by atoms with Crippen LogP contribution in [0.15, 0.2) is 120 Å². The monoisotopic (exact) mass is 610 g/mol. The Labute approximate surface area is 258 Å². The molecule has 5 rings (SSSR count). The van der Waals surface area contributed by atoms with Crippen molar-refractivity contribution in [3.05, 3.63) is 138 Å². The Morgan fingerprint density at radius 2 is 1.35 bits per heavy atom. The summed E-state index contributed by atoms with van der Waals surface area (Å²) in [7, 11) is -3.67. The fourth-order valence-corrected chi connectivity index (χ4v) is 6.75. The Morgan fingerprint density at radius 1 is 0.791 bits per heavy atom. The number of hydrogen-bond acceptors (Lipinski definition) is 5. The SMILES string of the molecule is Cc1ccc(/C=C/C(=O)NC(=S)Nc2ccc(S(=O)(=O)N3CCN(C(c4ccccc4)c4ccccc4)CC3)cc2)cc1. The summed E-state index contributed by atoms with van der Waals surface area (Å²) in [5, 5.41) is 5.67. The van der Waals surface area contributed by atoms with E-state index in [1.807, 2.05) is 67.6 Å². The first kappa shape index (κ1) is 30.3. The van der Waals surface area contributed by atoms with Crippen LogP contribution < -0.4 is 10.6 Å². The van der Waals surface area contributed by atoms with Crippen LogP contribution in [0, 0.1) is 6.92 Å². The summed E-state index contributed by atoms with van der Waals surface area (Å²) >= 11 is 5.26. The van der Waals surface area contributed by atoms with Gasteiger partial charge in [-0.25, -0.2) is 8.42 Å². The minimum Gasteiger partial charge on any atom is -0.332 e. The van der Waals surface area contributed by atoms with Gasteiger partial charge >= 0.3 is 0 Å². The maximum Gasteiger partial charge on any atom is 0.250 e. The first-order valence-corrected chi connectivity index (χ1v) is 16.0. The van der Waals surface area contributed by atoms with Crippen LogP contribution in [0.3, 0.4) is 0 Å². The topological polar surface area (TPSA) is 81.8 Å². The number of rotatable bonds is 8. The van der Waals surface area contributed by atoms with Crippen LogP contribution in [0.1, 0.15) is 28.3 Å². The molecule has 1 amide bonds. The Bertz CT molecular complexity index is 1630. The van der Waals surface area contributed by atoms with E-state index in [-0.39, 0.29) is 22.0 Å². The lowest BCUT2D eigenvalue weighted by molar-refractivity contribution is -0.115. The molecule has 1 heterocycles. The maximum atomic E-state index is 13.5. The summed E-state index contributed by atoms with van der Waals surface area (Å²) in [6.45, 7) is 4.01. The first-order chi connectivity index (χ1) is 20.8. The molecule has 9 heteroatoms. The van der Waals surface area contributed by atoms with E-state index < -0.39 is 10.0 Å². The van der Waals surface area contributed by atoms with Gasteiger partial charge in [-0.2, -0.15) is 4.31 Å². The van der Waals surface area contributed by atoms with Crippen LogP contribution >= 0.6 is 12.2 Å². The molecule has 0 atom stereocenters. The molecule has 7 nitrogen and oxygen atoms in total. The molecule has 220 valence electrons. The summed E-state index contributed by atoms with van der Waals surface area (Å²) in [6, 6.07) is 34.9. The van der Waals surface area contributed by atoms with Gasteiger partial charge in [0.05, 0.1) is 10.9 Å². The van der Waals surface area contributed by atoms with Gasteiger partial charge in [-0.1, -0.05) is 90.5 Å². The summed E-state index contributed by atoms with van der Waals surface area (Å²) in [6.07, 6.45) is 3.12. The Morgan fingerprint density at radius 3 is 1.91 bits per heavy atom. The number of anilines is 1. The fourth-order valence-electron chi connectivity index (χ4n) is 5.11. The number of piperazine rings is 1. The third kappa shape index (κ3) is 7.82. The van der Waals surface area contributed by atoms with Gasteiger partial charge in [0.25, 0.3) is 0 Å². The van der Waals surface area contributed by atoms with E-state index in [0.29, 0.717) is 31.9 Å². The van der Waals surface area contributed by atoms with Gasteiger partial charge in [0.1, 0.15) is 0 Å². The van der Waals surface area contributed by atoms with Crippen LogP contribution in [0.5, 0.6) is 0 Å². The highest BCUT2D eigenvalue weighted by atomic mass is 32.2. The van der Waals surface area contributed by atoms with Gasteiger partial charge in [-0.15, -0.1) is 0 Å². The normalized spacial score (nSPS) is 14.6. The van der Waals surface area contributed by atoms with Crippen molar-refractivity contribution < 1.29 is 13.2 Å². The molecule has 0 unspecified atom stereocenters. The van der Waals surface area contributed by atoms with Gasteiger partial charge < -0.3 is 5.32 Å². The average Bonchev–Trinajstić information content (AvgIpc) is 3.02. The molecule has 1 aliphatic rings. The number of sulfonamides is 1. The lowest BCUT2D eigenvalue weighted by Crippen LogP contribution is -2.49.